The molecule has 21 heavy (non-hydrogen) atoms. The Morgan fingerprint density at radius 3 is 2.24 bits per heavy atom. The Bertz CT molecular complexity index is 582. The number of benzene rings is 2. The Labute approximate surface area is 129 Å². The van der Waals surface area contributed by atoms with E-state index < -0.39 is 0 Å². The number of aliphatic hydroxyl groups excluding tert-OH is 1. The van der Waals surface area contributed by atoms with E-state index in [1.807, 2.05) is 30.3 Å². The van der Waals surface area contributed by atoms with Crippen molar-refractivity contribution >= 4 is 17.3 Å². The van der Waals surface area contributed by atoms with Crippen LogP contribution in [0.3, 0.4) is 0 Å². The first-order chi connectivity index (χ1) is 10.2. The molecule has 0 aliphatic rings. The van der Waals surface area contributed by atoms with Crippen LogP contribution in [0.4, 0.5) is 5.69 Å². The summed E-state index contributed by atoms with van der Waals surface area (Å²) in [6.07, 6.45) is 0. The average Bonchev–Trinajstić information content (AvgIpc) is 2.53. The van der Waals surface area contributed by atoms with Crippen LogP contribution in [0.25, 0.3) is 0 Å². The van der Waals surface area contributed by atoms with Crippen molar-refractivity contribution < 1.29 is 14.6 Å². The van der Waals surface area contributed by atoms with Crippen LogP contribution in [-0.4, -0.2) is 25.9 Å². The van der Waals surface area contributed by atoms with Crippen LogP contribution in [-0.2, 0) is 0 Å². The molecule has 0 radical (unpaired) electrons. The summed E-state index contributed by atoms with van der Waals surface area (Å²) in [6, 6.07) is 12.6. The highest BCUT2D eigenvalue weighted by atomic mass is 35.5. The molecule has 5 heteroatoms. The van der Waals surface area contributed by atoms with E-state index in [1.165, 1.54) is 0 Å². The molecule has 0 heterocycles. The van der Waals surface area contributed by atoms with E-state index in [0.717, 1.165) is 11.3 Å². The van der Waals surface area contributed by atoms with Gasteiger partial charge in [-0.25, -0.2) is 0 Å². The smallest absolute Gasteiger partial charge is 0.122 e. The lowest BCUT2D eigenvalue weighted by molar-refractivity contribution is 0.275. The predicted molar refractivity (Wildman–Crippen MR) is 84.4 cm³/mol. The molecule has 2 aromatic carbocycles. The minimum Gasteiger partial charge on any atom is -0.497 e. The van der Waals surface area contributed by atoms with Crippen LogP contribution >= 0.6 is 11.6 Å². The Kier molecular flexibility index (Phi) is 5.31. The molecule has 2 aromatic rings. The summed E-state index contributed by atoms with van der Waals surface area (Å²) in [5, 5.41) is 13.5. The van der Waals surface area contributed by atoms with Gasteiger partial charge in [0.25, 0.3) is 0 Å². The molecular weight excluding hydrogens is 290 g/mol. The Balaban J connectivity index is 2.31. The molecule has 0 saturated carbocycles. The van der Waals surface area contributed by atoms with E-state index in [1.54, 1.807) is 26.4 Å². The minimum atomic E-state index is -0.311. The summed E-state index contributed by atoms with van der Waals surface area (Å²) in [7, 11) is 3.18. The van der Waals surface area contributed by atoms with Crippen molar-refractivity contribution in [2.75, 3.05) is 26.1 Å². The zero-order valence-electron chi connectivity index (χ0n) is 12.0. The normalized spacial score (nSPS) is 11.8. The number of methoxy groups -OCH3 is 2. The van der Waals surface area contributed by atoms with E-state index in [0.29, 0.717) is 16.5 Å². The molecule has 0 aromatic heterocycles. The molecule has 1 unspecified atom stereocenters. The van der Waals surface area contributed by atoms with Gasteiger partial charge in [0.05, 0.1) is 37.6 Å². The maximum Gasteiger partial charge on any atom is 0.122 e. The molecule has 2 N–H and O–H groups in total. The van der Waals surface area contributed by atoms with Gasteiger partial charge in [-0.1, -0.05) is 23.7 Å². The first kappa shape index (κ1) is 15.5. The summed E-state index contributed by atoms with van der Waals surface area (Å²) in [4.78, 5) is 0. The van der Waals surface area contributed by atoms with Gasteiger partial charge in [0.1, 0.15) is 11.5 Å². The van der Waals surface area contributed by atoms with Crippen molar-refractivity contribution in [2.24, 2.45) is 0 Å². The number of hydrogen-bond acceptors (Lipinski definition) is 4. The topological polar surface area (TPSA) is 50.7 Å². The molecule has 112 valence electrons. The van der Waals surface area contributed by atoms with Crippen LogP contribution in [0.2, 0.25) is 5.02 Å². The highest BCUT2D eigenvalue weighted by Crippen LogP contribution is 2.30. The SMILES string of the molecule is COc1cc(OC)cc(C(CO)Nc2ccccc2Cl)c1. The molecule has 0 fully saturated rings. The predicted octanol–water partition coefficient (Wildman–Crippen LogP) is 3.50. The first-order valence-electron chi connectivity index (χ1n) is 6.52. The van der Waals surface area contributed by atoms with E-state index in [9.17, 15) is 5.11 Å². The fourth-order valence-corrected chi connectivity index (χ4v) is 2.22. The lowest BCUT2D eigenvalue weighted by atomic mass is 10.1. The number of hydrogen-bond donors (Lipinski definition) is 2. The van der Waals surface area contributed by atoms with Gasteiger partial charge in [-0.2, -0.15) is 0 Å². The second kappa shape index (κ2) is 7.20. The van der Waals surface area contributed by atoms with Gasteiger partial charge in [0.15, 0.2) is 0 Å². The average molecular weight is 308 g/mol. The fraction of sp³-hybridized carbons (Fsp3) is 0.250. The largest absolute Gasteiger partial charge is 0.497 e. The van der Waals surface area contributed by atoms with E-state index in [-0.39, 0.29) is 12.6 Å². The van der Waals surface area contributed by atoms with Crippen LogP contribution in [0.1, 0.15) is 11.6 Å². The Morgan fingerprint density at radius 2 is 1.71 bits per heavy atom. The Hall–Kier alpha value is -1.91. The van der Waals surface area contributed by atoms with Gasteiger partial charge >= 0.3 is 0 Å². The minimum absolute atomic E-state index is 0.0818. The van der Waals surface area contributed by atoms with Gasteiger partial charge in [0.2, 0.25) is 0 Å². The van der Waals surface area contributed by atoms with E-state index in [2.05, 4.69) is 5.32 Å². The number of nitrogens with one attached hydrogen (secondary N) is 1. The fourth-order valence-electron chi connectivity index (χ4n) is 2.03. The molecule has 0 saturated heterocycles. The maximum absolute atomic E-state index is 9.67. The van der Waals surface area contributed by atoms with Gasteiger partial charge in [-0.15, -0.1) is 0 Å². The summed E-state index contributed by atoms with van der Waals surface area (Å²) in [5.74, 6) is 1.34. The van der Waals surface area contributed by atoms with Crippen LogP contribution in [0.15, 0.2) is 42.5 Å². The molecule has 0 bridgehead atoms. The monoisotopic (exact) mass is 307 g/mol. The maximum atomic E-state index is 9.67. The van der Waals surface area contributed by atoms with Gasteiger partial charge in [-0.05, 0) is 29.8 Å². The summed E-state index contributed by atoms with van der Waals surface area (Å²) < 4.78 is 10.5. The molecule has 4 nitrogen and oxygen atoms in total. The van der Waals surface area contributed by atoms with Crippen LogP contribution in [0, 0.1) is 0 Å². The van der Waals surface area contributed by atoms with Gasteiger partial charge < -0.3 is 19.9 Å². The zero-order valence-corrected chi connectivity index (χ0v) is 12.7. The quantitative estimate of drug-likeness (QED) is 0.857. The standard InChI is InChI=1S/C16H18ClNO3/c1-20-12-7-11(8-13(9-12)21-2)16(10-19)18-15-6-4-3-5-14(15)17/h3-9,16,18-19H,10H2,1-2H3. The molecule has 0 spiro atoms. The highest BCUT2D eigenvalue weighted by Gasteiger charge is 2.14. The van der Waals surface area contributed by atoms with Crippen molar-refractivity contribution in [3.05, 3.63) is 53.1 Å². The number of para-hydroxylation sites is 1. The number of aliphatic hydroxyl groups is 1. The van der Waals surface area contributed by atoms with Crippen molar-refractivity contribution in [3.8, 4) is 11.5 Å². The van der Waals surface area contributed by atoms with Crippen molar-refractivity contribution in [2.45, 2.75) is 6.04 Å². The van der Waals surface area contributed by atoms with Crippen LogP contribution < -0.4 is 14.8 Å². The van der Waals surface area contributed by atoms with Gasteiger partial charge in [-0.3, -0.25) is 0 Å². The Morgan fingerprint density at radius 1 is 1.10 bits per heavy atom. The third-order valence-electron chi connectivity index (χ3n) is 3.16. The van der Waals surface area contributed by atoms with E-state index >= 15 is 0 Å². The summed E-state index contributed by atoms with van der Waals surface area (Å²) in [5.41, 5.74) is 1.62. The molecular formula is C16H18ClNO3. The zero-order chi connectivity index (χ0) is 15.2. The van der Waals surface area contributed by atoms with Crippen molar-refractivity contribution in [3.63, 3.8) is 0 Å². The number of rotatable bonds is 6. The van der Waals surface area contributed by atoms with Crippen molar-refractivity contribution in [1.82, 2.24) is 0 Å². The number of anilines is 1. The molecule has 0 aliphatic heterocycles. The van der Waals surface area contributed by atoms with Crippen LogP contribution in [0.5, 0.6) is 11.5 Å². The number of halogens is 1. The summed E-state index contributed by atoms with van der Waals surface area (Å²) in [6.45, 7) is -0.0818. The van der Waals surface area contributed by atoms with Crippen molar-refractivity contribution in [1.29, 1.82) is 0 Å². The first-order valence-corrected chi connectivity index (χ1v) is 6.90. The molecule has 0 amide bonds. The molecule has 1 atom stereocenters. The molecule has 0 aliphatic carbocycles. The second-order valence-corrected chi connectivity index (χ2v) is 4.91. The summed E-state index contributed by atoms with van der Waals surface area (Å²) >= 11 is 6.14. The highest BCUT2D eigenvalue weighted by molar-refractivity contribution is 6.33. The third kappa shape index (κ3) is 3.80. The van der Waals surface area contributed by atoms with Gasteiger partial charge in [0, 0.05) is 6.07 Å². The number of ether oxygens (including phenoxy) is 2. The molecule has 2 rings (SSSR count). The third-order valence-corrected chi connectivity index (χ3v) is 3.49. The van der Waals surface area contributed by atoms with E-state index in [4.69, 9.17) is 21.1 Å². The lowest BCUT2D eigenvalue weighted by Gasteiger charge is -2.20. The lowest BCUT2D eigenvalue weighted by Crippen LogP contribution is -2.15. The second-order valence-electron chi connectivity index (χ2n) is 4.51.